The molecule has 1 heterocycles. The highest BCUT2D eigenvalue weighted by Crippen LogP contribution is 2.31. The monoisotopic (exact) mass is 410 g/mol. The van der Waals surface area contributed by atoms with Crippen molar-refractivity contribution >= 4 is 12.3 Å². The molecule has 0 bridgehead atoms. The average Bonchev–Trinajstić information content (AvgIpc) is 3.15. The van der Waals surface area contributed by atoms with E-state index in [1.165, 1.54) is 4.90 Å². The Hall–Kier alpha value is -2.85. The zero-order chi connectivity index (χ0) is 21.7. The second-order valence-corrected chi connectivity index (χ2v) is 8.21. The number of rotatable bonds is 6. The molecule has 0 saturated carbocycles. The Morgan fingerprint density at radius 2 is 2.23 bits per heavy atom. The van der Waals surface area contributed by atoms with Crippen LogP contribution in [-0.2, 0) is 17.6 Å². The summed E-state index contributed by atoms with van der Waals surface area (Å²) in [5, 5.41) is 17.9. The lowest BCUT2D eigenvalue weighted by Gasteiger charge is -2.22. The molecule has 2 aliphatic carbocycles. The summed E-state index contributed by atoms with van der Waals surface area (Å²) in [4.78, 5) is 24.5. The van der Waals surface area contributed by atoms with Gasteiger partial charge in [-0.3, -0.25) is 14.3 Å². The minimum atomic E-state index is -1.17. The SMILES string of the molecule is CNC(=O)c1nn(C2C=CC=C(C#CC(C)(O)CCN(C)C=O)C2)c2c1CCCC2. The topological polar surface area (TPSA) is 87.5 Å². The lowest BCUT2D eigenvalue weighted by molar-refractivity contribution is -0.117. The van der Waals surface area contributed by atoms with Crippen LogP contribution in [0.5, 0.6) is 0 Å². The molecule has 3 rings (SSSR count). The van der Waals surface area contributed by atoms with Gasteiger partial charge in [0, 0.05) is 50.3 Å². The number of aliphatic hydroxyl groups is 1. The normalized spacial score (nSPS) is 19.6. The van der Waals surface area contributed by atoms with E-state index in [0.717, 1.165) is 48.9 Å². The standard InChI is InChI=1S/C23H30N4O3/c1-23(30,13-14-26(3)16-28)12-11-17-7-6-8-18(15-17)27-20-10-5-4-9-19(20)21(25-27)22(29)24-2/h6-8,16,18,30H,4-5,9-10,13-15H2,1-3H3,(H,24,29). The zero-order valence-electron chi connectivity index (χ0n) is 17.9. The maximum atomic E-state index is 12.3. The van der Waals surface area contributed by atoms with Crippen LogP contribution in [-0.4, -0.2) is 58.3 Å². The van der Waals surface area contributed by atoms with E-state index in [0.29, 0.717) is 25.1 Å². The largest absolute Gasteiger partial charge is 0.378 e. The third kappa shape index (κ3) is 5.00. The van der Waals surface area contributed by atoms with Crippen LogP contribution in [0.2, 0.25) is 0 Å². The molecule has 0 fully saturated rings. The van der Waals surface area contributed by atoms with Crippen LogP contribution < -0.4 is 5.32 Å². The molecule has 1 aromatic heterocycles. The fourth-order valence-electron chi connectivity index (χ4n) is 3.85. The maximum absolute atomic E-state index is 12.3. The van der Waals surface area contributed by atoms with Crippen LogP contribution in [0, 0.1) is 11.8 Å². The number of allylic oxidation sites excluding steroid dienone is 4. The van der Waals surface area contributed by atoms with Gasteiger partial charge in [0.05, 0.1) is 6.04 Å². The first-order valence-corrected chi connectivity index (χ1v) is 10.5. The number of amides is 2. The van der Waals surface area contributed by atoms with Crippen LogP contribution in [0.25, 0.3) is 0 Å². The Balaban J connectivity index is 1.77. The molecule has 0 aliphatic heterocycles. The van der Waals surface area contributed by atoms with Crippen molar-refractivity contribution in [3.8, 4) is 11.8 Å². The van der Waals surface area contributed by atoms with Crippen molar-refractivity contribution in [2.24, 2.45) is 0 Å². The van der Waals surface area contributed by atoms with Crippen molar-refractivity contribution in [2.45, 2.75) is 57.1 Å². The van der Waals surface area contributed by atoms with Crippen LogP contribution in [0.3, 0.4) is 0 Å². The van der Waals surface area contributed by atoms with Crippen molar-refractivity contribution in [3.05, 3.63) is 40.8 Å². The number of nitrogens with one attached hydrogen (secondary N) is 1. The van der Waals surface area contributed by atoms with Gasteiger partial charge in [-0.05, 0) is 32.6 Å². The van der Waals surface area contributed by atoms with Crippen molar-refractivity contribution < 1.29 is 14.7 Å². The molecule has 2 amide bonds. The van der Waals surface area contributed by atoms with Crippen molar-refractivity contribution in [1.29, 1.82) is 0 Å². The van der Waals surface area contributed by atoms with E-state index in [1.807, 2.05) is 16.8 Å². The molecule has 0 spiro atoms. The first kappa shape index (κ1) is 21.8. The molecular weight excluding hydrogens is 380 g/mol. The number of carbonyl (C=O) groups is 2. The third-order valence-electron chi connectivity index (χ3n) is 5.65. The first-order chi connectivity index (χ1) is 14.3. The predicted molar refractivity (Wildman–Crippen MR) is 115 cm³/mol. The van der Waals surface area contributed by atoms with E-state index < -0.39 is 5.60 Å². The Kier molecular flexibility index (Phi) is 6.78. The van der Waals surface area contributed by atoms with Gasteiger partial charge < -0.3 is 15.3 Å². The maximum Gasteiger partial charge on any atom is 0.271 e. The Morgan fingerprint density at radius 3 is 2.97 bits per heavy atom. The second kappa shape index (κ2) is 9.31. The second-order valence-electron chi connectivity index (χ2n) is 8.21. The third-order valence-corrected chi connectivity index (χ3v) is 5.65. The lowest BCUT2D eigenvalue weighted by atomic mass is 9.94. The number of aromatic nitrogens is 2. The highest BCUT2D eigenvalue weighted by molar-refractivity contribution is 5.93. The molecule has 0 aromatic carbocycles. The van der Waals surface area contributed by atoms with Crippen molar-refractivity contribution in [2.75, 3.05) is 20.6 Å². The smallest absolute Gasteiger partial charge is 0.271 e. The van der Waals surface area contributed by atoms with Gasteiger partial charge in [-0.15, -0.1) is 0 Å². The molecule has 0 saturated heterocycles. The van der Waals surface area contributed by atoms with Gasteiger partial charge in [0.15, 0.2) is 5.69 Å². The van der Waals surface area contributed by atoms with Crippen LogP contribution in [0.1, 0.15) is 60.4 Å². The summed E-state index contributed by atoms with van der Waals surface area (Å²) in [5.41, 5.74) is 2.48. The highest BCUT2D eigenvalue weighted by atomic mass is 16.3. The lowest BCUT2D eigenvalue weighted by Crippen LogP contribution is -2.29. The van der Waals surface area contributed by atoms with E-state index in [9.17, 15) is 14.7 Å². The number of nitrogens with zero attached hydrogens (tertiary/aromatic N) is 3. The molecular formula is C23H30N4O3. The summed E-state index contributed by atoms with van der Waals surface area (Å²) in [6.45, 7) is 2.10. The van der Waals surface area contributed by atoms with Gasteiger partial charge in [-0.25, -0.2) is 0 Å². The van der Waals surface area contributed by atoms with E-state index in [4.69, 9.17) is 0 Å². The quantitative estimate of drug-likeness (QED) is 0.553. The molecule has 1 aromatic rings. The molecule has 2 N–H and O–H groups in total. The number of hydrogen-bond acceptors (Lipinski definition) is 4. The van der Waals surface area contributed by atoms with Gasteiger partial charge in [-0.2, -0.15) is 5.10 Å². The minimum absolute atomic E-state index is 0.00398. The molecule has 2 aliphatic rings. The van der Waals surface area contributed by atoms with Crippen molar-refractivity contribution in [3.63, 3.8) is 0 Å². The van der Waals surface area contributed by atoms with Crippen LogP contribution in [0.4, 0.5) is 0 Å². The number of fused-ring (bicyclic) bond motifs is 1. The molecule has 0 radical (unpaired) electrons. The van der Waals surface area contributed by atoms with Crippen molar-refractivity contribution in [1.82, 2.24) is 20.0 Å². The van der Waals surface area contributed by atoms with E-state index in [1.54, 1.807) is 21.0 Å². The average molecular weight is 411 g/mol. The van der Waals surface area contributed by atoms with Gasteiger partial charge in [0.2, 0.25) is 6.41 Å². The fraction of sp³-hybridized carbons (Fsp3) is 0.522. The Labute approximate surface area is 177 Å². The molecule has 160 valence electrons. The summed E-state index contributed by atoms with van der Waals surface area (Å²) >= 11 is 0. The number of hydrogen-bond donors (Lipinski definition) is 2. The molecule has 2 atom stereocenters. The van der Waals surface area contributed by atoms with Gasteiger partial charge in [-0.1, -0.05) is 30.1 Å². The molecule has 7 nitrogen and oxygen atoms in total. The van der Waals surface area contributed by atoms with Crippen LogP contribution >= 0.6 is 0 Å². The molecule has 7 heteroatoms. The van der Waals surface area contributed by atoms with Gasteiger partial charge in [0.25, 0.3) is 5.91 Å². The predicted octanol–water partition coefficient (Wildman–Crippen LogP) is 1.78. The molecule has 30 heavy (non-hydrogen) atoms. The summed E-state index contributed by atoms with van der Waals surface area (Å²) in [6, 6.07) is -0.00398. The highest BCUT2D eigenvalue weighted by Gasteiger charge is 2.27. The fourth-order valence-corrected chi connectivity index (χ4v) is 3.85. The van der Waals surface area contributed by atoms with Gasteiger partial charge in [0.1, 0.15) is 5.60 Å². The van der Waals surface area contributed by atoms with Gasteiger partial charge >= 0.3 is 0 Å². The Morgan fingerprint density at radius 1 is 1.47 bits per heavy atom. The minimum Gasteiger partial charge on any atom is -0.378 e. The van der Waals surface area contributed by atoms with E-state index in [2.05, 4.69) is 28.3 Å². The Bertz CT molecular complexity index is 930. The van der Waals surface area contributed by atoms with E-state index >= 15 is 0 Å². The summed E-state index contributed by atoms with van der Waals surface area (Å²) in [7, 11) is 3.31. The number of carbonyl (C=O) groups excluding carboxylic acids is 2. The summed E-state index contributed by atoms with van der Waals surface area (Å²) in [5.74, 6) is 5.91. The zero-order valence-corrected chi connectivity index (χ0v) is 17.9. The van der Waals surface area contributed by atoms with Crippen LogP contribution in [0.15, 0.2) is 23.8 Å². The van der Waals surface area contributed by atoms with E-state index in [-0.39, 0.29) is 11.9 Å². The molecule has 2 unspecified atom stereocenters. The summed E-state index contributed by atoms with van der Waals surface area (Å²) < 4.78 is 1.99. The first-order valence-electron chi connectivity index (χ1n) is 10.5. The summed E-state index contributed by atoms with van der Waals surface area (Å²) in [6.07, 6.45) is 11.8.